The van der Waals surface area contributed by atoms with Gasteiger partial charge in [-0.1, -0.05) is 36.4 Å². The zero-order chi connectivity index (χ0) is 16.7. The fraction of sp³-hybridized carbons (Fsp3) is 0.278. The van der Waals surface area contributed by atoms with Gasteiger partial charge in [0.25, 0.3) is 0 Å². The Morgan fingerprint density at radius 1 is 1.08 bits per heavy atom. The van der Waals surface area contributed by atoms with E-state index in [1.807, 2.05) is 49.5 Å². The molecule has 24 heavy (non-hydrogen) atoms. The van der Waals surface area contributed by atoms with Gasteiger partial charge in [-0.15, -0.1) is 0 Å². The highest BCUT2D eigenvalue weighted by molar-refractivity contribution is 6.07. The number of hydrogen-bond donors (Lipinski definition) is 1. The molecule has 122 valence electrons. The van der Waals surface area contributed by atoms with Gasteiger partial charge in [0.1, 0.15) is 6.04 Å². The number of hydrogen-bond acceptors (Lipinski definition) is 5. The molecule has 0 aliphatic carbocycles. The van der Waals surface area contributed by atoms with Crippen molar-refractivity contribution in [3.63, 3.8) is 0 Å². The molecule has 2 fully saturated rings. The van der Waals surface area contributed by atoms with Crippen LogP contribution in [0.3, 0.4) is 0 Å². The number of imide groups is 1. The average molecular weight is 322 g/mol. The van der Waals surface area contributed by atoms with Gasteiger partial charge in [-0.05, 0) is 17.2 Å². The predicted octanol–water partition coefficient (Wildman–Crippen LogP) is 1.13. The third kappa shape index (κ3) is 2.31. The van der Waals surface area contributed by atoms with Crippen LogP contribution in [-0.2, 0) is 16.1 Å². The van der Waals surface area contributed by atoms with Gasteiger partial charge in [-0.25, -0.2) is 10.4 Å². The molecular formula is C18H18N4O2. The first kappa shape index (κ1) is 15.0. The van der Waals surface area contributed by atoms with Crippen LogP contribution in [0.15, 0.2) is 54.9 Å². The Kier molecular flexibility index (Phi) is 3.63. The van der Waals surface area contributed by atoms with Gasteiger partial charge in [-0.3, -0.25) is 19.5 Å². The van der Waals surface area contributed by atoms with Crippen LogP contribution in [0.2, 0.25) is 0 Å². The zero-order valence-corrected chi connectivity index (χ0v) is 13.3. The first-order valence-electron chi connectivity index (χ1n) is 7.95. The number of likely N-dealkylation sites (N-methyl/N-ethyl adjacent to an activating group) is 1. The van der Waals surface area contributed by atoms with Gasteiger partial charge in [0.2, 0.25) is 11.8 Å². The summed E-state index contributed by atoms with van der Waals surface area (Å²) in [5.41, 5.74) is 5.11. The Bertz CT molecular complexity index is 765. The molecule has 0 unspecified atom stereocenters. The number of likely N-dealkylation sites (tertiary alicyclic amines) is 1. The smallest absolute Gasteiger partial charge is 0.249 e. The van der Waals surface area contributed by atoms with E-state index < -0.39 is 12.0 Å². The summed E-state index contributed by atoms with van der Waals surface area (Å²) in [5, 5.41) is 1.76. The minimum absolute atomic E-state index is 0.125. The van der Waals surface area contributed by atoms with E-state index in [1.165, 1.54) is 4.90 Å². The van der Waals surface area contributed by atoms with Crippen LogP contribution in [0.25, 0.3) is 0 Å². The molecule has 4 rings (SSSR count). The molecule has 6 nitrogen and oxygen atoms in total. The van der Waals surface area contributed by atoms with E-state index in [0.29, 0.717) is 6.54 Å². The van der Waals surface area contributed by atoms with Gasteiger partial charge in [0.15, 0.2) is 0 Å². The van der Waals surface area contributed by atoms with Crippen molar-refractivity contribution in [2.75, 3.05) is 7.05 Å². The number of pyridine rings is 1. The number of nitrogens with zero attached hydrogens (tertiary/aromatic N) is 3. The van der Waals surface area contributed by atoms with E-state index in [4.69, 9.17) is 0 Å². The number of amides is 2. The van der Waals surface area contributed by atoms with Crippen molar-refractivity contribution >= 4 is 11.8 Å². The van der Waals surface area contributed by atoms with Crippen LogP contribution in [0, 0.1) is 5.92 Å². The van der Waals surface area contributed by atoms with Gasteiger partial charge in [0, 0.05) is 19.4 Å². The summed E-state index contributed by atoms with van der Waals surface area (Å²) in [6.07, 6.45) is 3.44. The van der Waals surface area contributed by atoms with Crippen LogP contribution >= 0.6 is 0 Å². The minimum atomic E-state index is -0.466. The molecule has 3 heterocycles. The number of nitrogens with one attached hydrogen (secondary N) is 1. The summed E-state index contributed by atoms with van der Waals surface area (Å²) in [6.45, 7) is 0.319. The number of carbonyl (C=O) groups is 2. The Balaban J connectivity index is 1.64. The standard InChI is InChI=1S/C18H18N4O2/c1-21-16-14(15(20-21)13-8-5-9-19-10-13)17(23)22(18(16)24)11-12-6-3-2-4-7-12/h2-10,14-16,20H,11H2,1H3/t14-,15-,16-/m1/s1. The number of aromatic nitrogens is 1. The quantitative estimate of drug-likeness (QED) is 0.858. The van der Waals surface area contributed by atoms with E-state index >= 15 is 0 Å². The van der Waals surface area contributed by atoms with E-state index in [-0.39, 0.29) is 17.9 Å². The number of carbonyl (C=O) groups excluding carboxylic acids is 2. The molecule has 0 saturated carbocycles. The highest BCUT2D eigenvalue weighted by Crippen LogP contribution is 2.39. The lowest BCUT2D eigenvalue weighted by Gasteiger charge is -2.22. The van der Waals surface area contributed by atoms with E-state index in [2.05, 4.69) is 10.4 Å². The molecule has 0 radical (unpaired) electrons. The molecule has 1 aromatic heterocycles. The lowest BCUT2D eigenvalue weighted by molar-refractivity contribution is -0.142. The highest BCUT2D eigenvalue weighted by Gasteiger charge is 2.57. The SMILES string of the molecule is CN1N[C@H](c2cccnc2)[C@H]2C(=O)N(Cc3ccccc3)C(=O)[C@@H]21. The second-order valence-electron chi connectivity index (χ2n) is 6.22. The zero-order valence-electron chi connectivity index (χ0n) is 13.3. The molecule has 2 aliphatic rings. The third-order valence-corrected chi connectivity index (χ3v) is 4.76. The molecule has 2 aromatic rings. The van der Waals surface area contributed by atoms with Crippen LogP contribution in [-0.4, -0.2) is 39.8 Å². The Morgan fingerprint density at radius 2 is 1.88 bits per heavy atom. The molecule has 3 atom stereocenters. The van der Waals surface area contributed by atoms with Crippen LogP contribution < -0.4 is 5.43 Å². The van der Waals surface area contributed by atoms with Gasteiger partial charge >= 0.3 is 0 Å². The largest absolute Gasteiger partial charge is 0.276 e. The molecule has 2 saturated heterocycles. The molecule has 1 N–H and O–H groups in total. The number of hydrazine groups is 1. The monoisotopic (exact) mass is 322 g/mol. The second kappa shape index (κ2) is 5.81. The van der Waals surface area contributed by atoms with Crippen molar-refractivity contribution in [2.45, 2.75) is 18.6 Å². The first-order valence-corrected chi connectivity index (χ1v) is 7.95. The normalized spacial score (nSPS) is 26.9. The maximum Gasteiger partial charge on any atom is 0.249 e. The third-order valence-electron chi connectivity index (χ3n) is 4.76. The molecule has 1 aromatic carbocycles. The molecule has 0 bridgehead atoms. The van der Waals surface area contributed by atoms with Gasteiger partial charge < -0.3 is 0 Å². The highest BCUT2D eigenvalue weighted by atomic mass is 16.2. The lowest BCUT2D eigenvalue weighted by atomic mass is 9.92. The summed E-state index contributed by atoms with van der Waals surface area (Å²) in [7, 11) is 1.81. The summed E-state index contributed by atoms with van der Waals surface area (Å²) in [6, 6.07) is 12.7. The van der Waals surface area contributed by atoms with Crippen LogP contribution in [0.1, 0.15) is 17.2 Å². The van der Waals surface area contributed by atoms with E-state index in [9.17, 15) is 9.59 Å². The number of rotatable bonds is 3. The predicted molar refractivity (Wildman–Crippen MR) is 87.2 cm³/mol. The van der Waals surface area contributed by atoms with Crippen molar-refractivity contribution in [1.82, 2.24) is 20.3 Å². The maximum atomic E-state index is 12.9. The van der Waals surface area contributed by atoms with E-state index in [0.717, 1.165) is 11.1 Å². The van der Waals surface area contributed by atoms with Crippen molar-refractivity contribution in [2.24, 2.45) is 5.92 Å². The molecule has 2 aliphatic heterocycles. The number of benzene rings is 1. The molecular weight excluding hydrogens is 304 g/mol. The summed E-state index contributed by atoms with van der Waals surface area (Å²) in [4.78, 5) is 31.3. The topological polar surface area (TPSA) is 65.5 Å². The summed E-state index contributed by atoms with van der Waals surface area (Å²) >= 11 is 0. The Labute approximate surface area is 140 Å². The van der Waals surface area contributed by atoms with Crippen LogP contribution in [0.5, 0.6) is 0 Å². The Hall–Kier alpha value is -2.57. The van der Waals surface area contributed by atoms with Crippen molar-refractivity contribution in [3.8, 4) is 0 Å². The summed E-state index contributed by atoms with van der Waals surface area (Å²) in [5.74, 6) is -0.690. The van der Waals surface area contributed by atoms with Crippen molar-refractivity contribution in [1.29, 1.82) is 0 Å². The summed E-state index contributed by atoms with van der Waals surface area (Å²) < 4.78 is 0. The fourth-order valence-electron chi connectivity index (χ4n) is 3.61. The first-order chi connectivity index (χ1) is 11.7. The van der Waals surface area contributed by atoms with Crippen molar-refractivity contribution < 1.29 is 9.59 Å². The average Bonchev–Trinajstić information content (AvgIpc) is 3.08. The second-order valence-corrected chi connectivity index (χ2v) is 6.22. The van der Waals surface area contributed by atoms with Crippen LogP contribution in [0.4, 0.5) is 0 Å². The van der Waals surface area contributed by atoms with Gasteiger partial charge in [-0.2, -0.15) is 0 Å². The minimum Gasteiger partial charge on any atom is -0.276 e. The molecule has 2 amide bonds. The number of fused-ring (bicyclic) bond motifs is 1. The van der Waals surface area contributed by atoms with E-state index in [1.54, 1.807) is 17.4 Å². The molecule has 0 spiro atoms. The maximum absolute atomic E-state index is 12.9. The molecule has 6 heteroatoms. The Morgan fingerprint density at radius 3 is 2.58 bits per heavy atom. The van der Waals surface area contributed by atoms with Gasteiger partial charge in [0.05, 0.1) is 18.5 Å². The lowest BCUT2D eigenvalue weighted by Crippen LogP contribution is -2.42. The fourth-order valence-corrected chi connectivity index (χ4v) is 3.61. The van der Waals surface area contributed by atoms with Crippen molar-refractivity contribution in [3.05, 3.63) is 66.0 Å².